The van der Waals surface area contributed by atoms with E-state index in [0.29, 0.717) is 51.3 Å². The van der Waals surface area contributed by atoms with Crippen LogP contribution in [0.5, 0.6) is 11.5 Å². The predicted octanol–water partition coefficient (Wildman–Crippen LogP) is 4.71. The monoisotopic (exact) mass is 579 g/mol. The number of halogens is 2. The van der Waals surface area contributed by atoms with Gasteiger partial charge >= 0.3 is 5.97 Å². The number of ether oxygens (including phenoxy) is 3. The van der Waals surface area contributed by atoms with Crippen LogP contribution >= 0.6 is 31.9 Å². The third-order valence-electron chi connectivity index (χ3n) is 4.67. The molecule has 0 radical (unpaired) electrons. The quantitative estimate of drug-likeness (QED) is 0.283. The molecule has 0 aliphatic carbocycles. The number of hydrogen-bond donors (Lipinski definition) is 0. The van der Waals surface area contributed by atoms with Crippen LogP contribution in [-0.4, -0.2) is 41.7 Å². The number of rotatable bonds is 8. The molecular formula is C23H23Br2N3O5. The Kier molecular flexibility index (Phi) is 8.25. The third-order valence-corrected chi connectivity index (χ3v) is 5.76. The highest BCUT2D eigenvalue weighted by atomic mass is 79.9. The summed E-state index contributed by atoms with van der Waals surface area (Å²) in [6.45, 7) is 5.73. The Hall–Kier alpha value is -2.72. The topological polar surface area (TPSA) is 92.0 Å². The minimum absolute atomic E-state index is 0.259. The van der Waals surface area contributed by atoms with Crippen molar-refractivity contribution in [2.24, 2.45) is 5.10 Å². The molecule has 0 unspecified atom stereocenters. The lowest BCUT2D eigenvalue weighted by Crippen LogP contribution is -2.25. The number of aryl methyl sites for hydroxylation is 1. The van der Waals surface area contributed by atoms with Crippen molar-refractivity contribution in [3.8, 4) is 11.5 Å². The number of carbonyl (C=O) groups is 1. The van der Waals surface area contributed by atoms with Crippen LogP contribution in [-0.2, 0) is 16.0 Å². The molecule has 2 aromatic carbocycles. The van der Waals surface area contributed by atoms with Crippen molar-refractivity contribution < 1.29 is 19.0 Å². The van der Waals surface area contributed by atoms with Crippen LogP contribution in [0.3, 0.4) is 0 Å². The Morgan fingerprint density at radius 3 is 2.67 bits per heavy atom. The number of hydrogen-bond acceptors (Lipinski definition) is 7. The molecule has 0 bridgehead atoms. The molecule has 0 spiro atoms. The van der Waals surface area contributed by atoms with Gasteiger partial charge in [0.05, 0.1) is 35.3 Å². The van der Waals surface area contributed by atoms with Gasteiger partial charge in [0.2, 0.25) is 0 Å². The standard InChI is InChI=1S/C23H23Br2N3O5/c1-5-20-27-18-8-7-15(24)11-16(18)22(29)28(20)26-12-14-9-17(25)21(19(10-14)32-6-2)33-13(3)23(30)31-4/h7-13H,5-6H2,1-4H3/t13-/m1/s1. The number of esters is 1. The largest absolute Gasteiger partial charge is 0.490 e. The maximum absolute atomic E-state index is 13.1. The first kappa shape index (κ1) is 24.9. The Bertz CT molecular complexity index is 1270. The van der Waals surface area contributed by atoms with Crippen LogP contribution in [0.25, 0.3) is 10.9 Å². The summed E-state index contributed by atoms with van der Waals surface area (Å²) >= 11 is 6.87. The van der Waals surface area contributed by atoms with Crippen LogP contribution < -0.4 is 15.0 Å². The van der Waals surface area contributed by atoms with Gasteiger partial charge in [-0.3, -0.25) is 4.79 Å². The van der Waals surface area contributed by atoms with E-state index in [1.165, 1.54) is 11.8 Å². The van der Waals surface area contributed by atoms with Gasteiger partial charge in [-0.05, 0) is 65.7 Å². The van der Waals surface area contributed by atoms with Gasteiger partial charge in [0, 0.05) is 10.9 Å². The van der Waals surface area contributed by atoms with Gasteiger partial charge in [0.1, 0.15) is 5.82 Å². The molecule has 0 aliphatic rings. The summed E-state index contributed by atoms with van der Waals surface area (Å²) < 4.78 is 18.8. The van der Waals surface area contributed by atoms with Gasteiger partial charge in [0.25, 0.3) is 5.56 Å². The lowest BCUT2D eigenvalue weighted by Gasteiger charge is -2.17. The van der Waals surface area contributed by atoms with E-state index in [4.69, 9.17) is 14.2 Å². The number of aromatic nitrogens is 2. The smallest absolute Gasteiger partial charge is 0.346 e. The zero-order valence-corrected chi connectivity index (χ0v) is 21.8. The summed E-state index contributed by atoms with van der Waals surface area (Å²) in [4.78, 5) is 29.4. The molecule has 33 heavy (non-hydrogen) atoms. The van der Waals surface area contributed by atoms with Crippen molar-refractivity contribution >= 4 is 54.9 Å². The lowest BCUT2D eigenvalue weighted by atomic mass is 10.2. The highest BCUT2D eigenvalue weighted by Crippen LogP contribution is 2.37. The Balaban J connectivity index is 2.03. The maximum atomic E-state index is 13.1. The van der Waals surface area contributed by atoms with Gasteiger partial charge < -0.3 is 14.2 Å². The Morgan fingerprint density at radius 1 is 1.24 bits per heavy atom. The fourth-order valence-electron chi connectivity index (χ4n) is 3.10. The fourth-order valence-corrected chi connectivity index (χ4v) is 4.01. The second-order valence-corrected chi connectivity index (χ2v) is 8.72. The summed E-state index contributed by atoms with van der Waals surface area (Å²) in [6, 6.07) is 8.85. The van der Waals surface area contributed by atoms with Crippen LogP contribution in [0.15, 0.2) is 49.2 Å². The lowest BCUT2D eigenvalue weighted by molar-refractivity contribution is -0.147. The van der Waals surface area contributed by atoms with Gasteiger partial charge in [-0.25, -0.2) is 9.78 Å². The molecule has 0 saturated carbocycles. The fraction of sp³-hybridized carbons (Fsp3) is 0.304. The number of carbonyl (C=O) groups excluding carboxylic acids is 1. The zero-order chi connectivity index (χ0) is 24.1. The van der Waals surface area contributed by atoms with Crippen LogP contribution in [0, 0.1) is 0 Å². The molecule has 1 aromatic heterocycles. The molecular weight excluding hydrogens is 558 g/mol. The predicted molar refractivity (Wildman–Crippen MR) is 133 cm³/mol. The summed E-state index contributed by atoms with van der Waals surface area (Å²) in [7, 11) is 1.30. The van der Waals surface area contributed by atoms with Crippen molar-refractivity contribution in [1.29, 1.82) is 0 Å². The van der Waals surface area contributed by atoms with E-state index in [1.54, 1.807) is 37.4 Å². The van der Waals surface area contributed by atoms with E-state index in [0.717, 1.165) is 4.47 Å². The highest BCUT2D eigenvalue weighted by Gasteiger charge is 2.20. The molecule has 0 fully saturated rings. The third kappa shape index (κ3) is 5.62. The second-order valence-electron chi connectivity index (χ2n) is 6.95. The van der Waals surface area contributed by atoms with Gasteiger partial charge in [-0.15, -0.1) is 0 Å². The second kappa shape index (κ2) is 10.9. The van der Waals surface area contributed by atoms with Gasteiger partial charge in [0.15, 0.2) is 17.6 Å². The van der Waals surface area contributed by atoms with Gasteiger partial charge in [-0.2, -0.15) is 9.78 Å². The average molecular weight is 581 g/mol. The minimum atomic E-state index is -0.821. The van der Waals surface area contributed by atoms with E-state index in [9.17, 15) is 9.59 Å². The van der Waals surface area contributed by atoms with Crippen molar-refractivity contribution in [3.05, 3.63) is 61.0 Å². The average Bonchev–Trinajstić information content (AvgIpc) is 2.80. The van der Waals surface area contributed by atoms with Crippen molar-refractivity contribution in [3.63, 3.8) is 0 Å². The number of fused-ring (bicyclic) bond motifs is 1. The van der Waals surface area contributed by atoms with Crippen molar-refractivity contribution in [2.75, 3.05) is 13.7 Å². The summed E-state index contributed by atoms with van der Waals surface area (Å²) in [5, 5.41) is 4.88. The first-order valence-corrected chi connectivity index (χ1v) is 11.8. The molecule has 0 aliphatic heterocycles. The van der Waals surface area contributed by atoms with Crippen molar-refractivity contribution in [2.45, 2.75) is 33.3 Å². The first-order chi connectivity index (χ1) is 15.8. The molecule has 3 rings (SSSR count). The molecule has 174 valence electrons. The molecule has 0 saturated heterocycles. The summed E-state index contributed by atoms with van der Waals surface area (Å²) in [5.41, 5.74) is 1.02. The first-order valence-electron chi connectivity index (χ1n) is 10.2. The van der Waals surface area contributed by atoms with Crippen molar-refractivity contribution in [1.82, 2.24) is 9.66 Å². The maximum Gasteiger partial charge on any atom is 0.346 e. The molecule has 10 heteroatoms. The van der Waals surface area contributed by atoms with Crippen LogP contribution in [0.2, 0.25) is 0 Å². The van der Waals surface area contributed by atoms with Crippen LogP contribution in [0.1, 0.15) is 32.2 Å². The van der Waals surface area contributed by atoms with Gasteiger partial charge in [-0.1, -0.05) is 22.9 Å². The molecule has 8 nitrogen and oxygen atoms in total. The SMILES string of the molecule is CCOc1cc(C=Nn2c(CC)nc3ccc(Br)cc3c2=O)cc(Br)c1O[C@H](C)C(=O)OC. The van der Waals surface area contributed by atoms with E-state index in [2.05, 4.69) is 41.9 Å². The summed E-state index contributed by atoms with van der Waals surface area (Å²) in [5.74, 6) is 0.835. The Labute approximate surface area is 207 Å². The molecule has 1 heterocycles. The molecule has 0 amide bonds. The molecule has 3 aromatic rings. The number of nitrogens with zero attached hydrogens (tertiary/aromatic N) is 3. The van der Waals surface area contributed by atoms with E-state index in [1.807, 2.05) is 19.9 Å². The highest BCUT2D eigenvalue weighted by molar-refractivity contribution is 9.10. The molecule has 1 atom stereocenters. The summed E-state index contributed by atoms with van der Waals surface area (Å²) in [6.07, 6.45) is 1.26. The zero-order valence-electron chi connectivity index (χ0n) is 18.6. The number of methoxy groups -OCH3 is 1. The Morgan fingerprint density at radius 2 is 2.00 bits per heavy atom. The van der Waals surface area contributed by atoms with Crippen LogP contribution in [0.4, 0.5) is 0 Å². The van der Waals surface area contributed by atoms with E-state index < -0.39 is 12.1 Å². The normalized spacial score (nSPS) is 12.2. The van der Waals surface area contributed by atoms with E-state index in [-0.39, 0.29) is 5.56 Å². The molecule has 0 N–H and O–H groups in total. The minimum Gasteiger partial charge on any atom is -0.490 e. The number of benzene rings is 2. The van der Waals surface area contributed by atoms with E-state index >= 15 is 0 Å².